The van der Waals surface area contributed by atoms with Crippen LogP contribution in [0.3, 0.4) is 0 Å². The molecule has 0 aromatic heterocycles. The lowest BCUT2D eigenvalue weighted by molar-refractivity contribution is -0.378. The molecule has 2 aliphatic carbocycles. The van der Waals surface area contributed by atoms with E-state index in [-0.39, 0.29) is 40.3 Å². The van der Waals surface area contributed by atoms with Gasteiger partial charge in [-0.3, -0.25) is 28.8 Å². The highest BCUT2D eigenvalue weighted by atomic mass is 16.8. The van der Waals surface area contributed by atoms with Crippen LogP contribution >= 0.6 is 0 Å². The van der Waals surface area contributed by atoms with E-state index in [1.807, 2.05) is 0 Å². The van der Waals surface area contributed by atoms with Gasteiger partial charge >= 0.3 is 5.97 Å². The Hall–Kier alpha value is -6.11. The zero-order valence-electron chi connectivity index (χ0n) is 49.9. The number of aliphatic hydroxyl groups excluding tert-OH is 11. The number of phenolic OH excluding ortho intramolecular Hbond substituents is 2. The molecule has 0 unspecified atom stereocenters. The van der Waals surface area contributed by atoms with E-state index in [1.54, 1.807) is 13.8 Å². The van der Waals surface area contributed by atoms with Crippen LogP contribution in [-0.2, 0) is 73.0 Å². The Morgan fingerprint density at radius 1 is 0.707 bits per heavy atom. The maximum Gasteiger partial charge on any atom is 0.329 e. The number of carbonyl (C=O) groups excluding carboxylic acids is 6. The number of ether oxygens (including phenoxy) is 10. The molecule has 2 aromatic rings. The van der Waals surface area contributed by atoms with Crippen LogP contribution < -0.4 is 20.7 Å². The van der Waals surface area contributed by atoms with E-state index in [1.165, 1.54) is 32.2 Å². The van der Waals surface area contributed by atoms with E-state index in [0.717, 1.165) is 0 Å². The Bertz CT molecular complexity index is 3020. The van der Waals surface area contributed by atoms with E-state index in [0.29, 0.717) is 0 Å². The van der Waals surface area contributed by atoms with Crippen molar-refractivity contribution in [3.63, 3.8) is 0 Å². The molecular formula is C57H77N3O32. The predicted molar refractivity (Wildman–Crippen MR) is 296 cm³/mol. The highest BCUT2D eigenvalue weighted by Crippen LogP contribution is 2.53. The number of hydrogen-bond acceptors (Lipinski definition) is 31. The average molecular weight is 1320 g/mol. The van der Waals surface area contributed by atoms with E-state index in [4.69, 9.17) is 52.5 Å². The summed E-state index contributed by atoms with van der Waals surface area (Å²) in [6, 6.07) is 1.54. The van der Waals surface area contributed by atoms with Gasteiger partial charge in [0.1, 0.15) is 128 Å². The third-order valence-electron chi connectivity index (χ3n) is 16.6. The quantitative estimate of drug-likeness (QED) is 0.0350. The fourth-order valence-electron chi connectivity index (χ4n) is 11.9. The minimum Gasteiger partial charge on any atom is -0.507 e. The van der Waals surface area contributed by atoms with Crippen LogP contribution in [-0.4, -0.2) is 299 Å². The summed E-state index contributed by atoms with van der Waals surface area (Å²) in [5.41, 5.74) is -4.83. The lowest BCUT2D eigenvalue weighted by Gasteiger charge is -2.48. The summed E-state index contributed by atoms with van der Waals surface area (Å²) in [6.45, 7) is -1.33. The largest absolute Gasteiger partial charge is 0.507 e. The van der Waals surface area contributed by atoms with Crippen LogP contribution in [0.25, 0.3) is 0 Å². The van der Waals surface area contributed by atoms with Crippen molar-refractivity contribution in [3.05, 3.63) is 51.6 Å². The van der Waals surface area contributed by atoms with E-state index in [2.05, 4.69) is 16.0 Å². The molecule has 0 saturated carbocycles. The third kappa shape index (κ3) is 15.2. The minimum absolute atomic E-state index is 0.0223. The molecule has 4 heterocycles. The molecule has 22 atom stereocenters. The maximum atomic E-state index is 14.1. The zero-order chi connectivity index (χ0) is 67.5. The Labute approximate surface area is 522 Å². The molecule has 0 spiro atoms. The molecule has 4 fully saturated rings. The third-order valence-corrected chi connectivity index (χ3v) is 16.6. The molecule has 4 saturated heterocycles. The van der Waals surface area contributed by atoms with Crippen molar-refractivity contribution >= 4 is 41.0 Å². The molecule has 35 nitrogen and oxygen atoms in total. The molecule has 35 heteroatoms. The number of carboxylic acids is 1. The summed E-state index contributed by atoms with van der Waals surface area (Å²) in [5.74, 6) is -9.14. The lowest BCUT2D eigenvalue weighted by atomic mass is 9.72. The number of aliphatic carboxylic acids is 1. The summed E-state index contributed by atoms with van der Waals surface area (Å²) in [6.07, 6.45) is -36.5. The average Bonchev–Trinajstić information content (AvgIpc) is 0.713. The molecule has 512 valence electrons. The number of ketones is 3. The monoisotopic (exact) mass is 1320 g/mol. The van der Waals surface area contributed by atoms with E-state index >= 15 is 0 Å². The number of Topliss-reactive ketones (excluding diaryl/α,β-unsaturated/α-hetero) is 1. The van der Waals surface area contributed by atoms with Crippen molar-refractivity contribution < 1.29 is 158 Å². The second kappa shape index (κ2) is 30.1. The first-order valence-corrected chi connectivity index (χ1v) is 29.2. The maximum absolute atomic E-state index is 14.1. The van der Waals surface area contributed by atoms with Crippen molar-refractivity contribution in [2.24, 2.45) is 5.92 Å². The van der Waals surface area contributed by atoms with Crippen molar-refractivity contribution in [3.8, 4) is 17.2 Å². The van der Waals surface area contributed by atoms with Gasteiger partial charge in [0, 0.05) is 36.0 Å². The van der Waals surface area contributed by atoms with Gasteiger partial charge < -0.3 is 140 Å². The molecule has 3 amide bonds. The van der Waals surface area contributed by atoms with E-state index < -0.39 is 264 Å². The highest BCUT2D eigenvalue weighted by Gasteiger charge is 2.55. The van der Waals surface area contributed by atoms with Crippen LogP contribution in [0, 0.1) is 5.92 Å². The van der Waals surface area contributed by atoms with Gasteiger partial charge in [0.15, 0.2) is 36.7 Å². The Balaban J connectivity index is 0.921. The van der Waals surface area contributed by atoms with Crippen molar-refractivity contribution in [1.29, 1.82) is 0 Å². The molecule has 2 aromatic carbocycles. The van der Waals surface area contributed by atoms with Crippen LogP contribution in [0.2, 0.25) is 0 Å². The minimum atomic E-state index is -2.49. The number of carbonyl (C=O) groups is 7. The normalized spacial score (nSPS) is 34.8. The summed E-state index contributed by atoms with van der Waals surface area (Å²) in [4.78, 5) is 93.2. The fourth-order valence-corrected chi connectivity index (χ4v) is 11.9. The van der Waals surface area contributed by atoms with Crippen LogP contribution in [0.1, 0.15) is 89.1 Å². The zero-order valence-corrected chi connectivity index (χ0v) is 49.9. The lowest BCUT2D eigenvalue weighted by Crippen LogP contribution is -2.66. The molecule has 8 rings (SSSR count). The number of fused-ring (bicyclic) bond motifs is 3. The van der Waals surface area contributed by atoms with Gasteiger partial charge in [0.05, 0.1) is 68.4 Å². The van der Waals surface area contributed by atoms with Gasteiger partial charge in [-0.15, -0.1) is 0 Å². The van der Waals surface area contributed by atoms with Crippen molar-refractivity contribution in [2.45, 2.75) is 181 Å². The molecular weight excluding hydrogens is 1240 g/mol. The van der Waals surface area contributed by atoms with Gasteiger partial charge in [-0.25, -0.2) is 4.79 Å². The fraction of sp³-hybridized carbons (Fsp3) is 0.667. The van der Waals surface area contributed by atoms with Gasteiger partial charge in [-0.05, 0) is 25.3 Å². The molecule has 0 radical (unpaired) electrons. The van der Waals surface area contributed by atoms with Crippen LogP contribution in [0.15, 0.2) is 18.2 Å². The second-order valence-corrected chi connectivity index (χ2v) is 23.5. The Morgan fingerprint density at radius 2 is 1.32 bits per heavy atom. The topological polar surface area (TPSA) is 551 Å². The number of benzene rings is 2. The van der Waals surface area contributed by atoms with Gasteiger partial charge in [-0.1, -0.05) is 26.0 Å². The number of aromatic hydroxyl groups is 2. The van der Waals surface area contributed by atoms with E-state index in [9.17, 15) is 105 Å². The first kappa shape index (κ1) is 71.7. The van der Waals surface area contributed by atoms with Gasteiger partial charge in [0.25, 0.3) is 0 Å². The number of phenols is 2. The smallest absolute Gasteiger partial charge is 0.329 e. The van der Waals surface area contributed by atoms with Crippen molar-refractivity contribution in [1.82, 2.24) is 16.0 Å². The number of aliphatic hydroxyl groups is 12. The Morgan fingerprint density at radius 3 is 1.93 bits per heavy atom. The summed E-state index contributed by atoms with van der Waals surface area (Å²) >= 11 is 0. The SMILES string of the molecule is COc1cccc2c1C(=O)c1c(O)c3c(c(O)c1C2=O)C[C@@](O)(C(=O)CO)C[C@H]3O[C@H]1C[C@H](NC(=O)CNC(=O)[C@H](CC(C)C)NC(=O)COC[C@H]2O[C@H](O[C@@H]3[C@H](O)[C@@H](O)[C@@H](O)O[C@@H]3COCC(=O)O)[C@H](O)[C@@H](O)[C@H]2O[C@H]2O[C@H](CO)[C@@H](O)[C@H](O)[C@H]2O)[C@H](O)[C@H](C)O1. The molecule has 92 heavy (non-hydrogen) atoms. The molecule has 4 aliphatic heterocycles. The number of rotatable bonds is 25. The first-order valence-electron chi connectivity index (χ1n) is 29.2. The molecule has 6 aliphatic rings. The first-order chi connectivity index (χ1) is 43.4. The summed E-state index contributed by atoms with van der Waals surface area (Å²) in [5, 5.41) is 169. The highest BCUT2D eigenvalue weighted by molar-refractivity contribution is 6.31. The number of nitrogens with one attached hydrogen (secondary N) is 3. The number of amides is 3. The van der Waals surface area contributed by atoms with Gasteiger partial charge in [0.2, 0.25) is 23.5 Å². The molecule has 0 bridgehead atoms. The predicted octanol–water partition coefficient (Wildman–Crippen LogP) is -7.62. The van der Waals surface area contributed by atoms with Gasteiger partial charge in [-0.2, -0.15) is 0 Å². The van der Waals surface area contributed by atoms with Crippen LogP contribution in [0.5, 0.6) is 17.2 Å². The van der Waals surface area contributed by atoms with Crippen LogP contribution in [0.4, 0.5) is 0 Å². The molecule has 18 N–H and O–H groups in total. The number of hydrogen-bond donors (Lipinski definition) is 18. The number of carboxylic acid groups (broad SMARTS) is 1. The standard InChI is InChI=1S/C57H77N3O32/c1-19(2)8-24(60-32(65)17-84-16-29-52(92-55-49(78)45(74)42(71)27(13-61)89-55)47(76)50(79)56(90-29)91-51-28(15-85-18-33(66)67)88-54(81)48(77)46(51)75)53(80)58-12-31(64)59-23-9-34(86-20(3)39(23)68)87-26-11-57(82,30(63)14-62)10-22-36(26)44(73)38-37(41(22)70)40(69)21-6-5-7-25(83-4)35(21)43(38)72/h5-7,19-20,23-24,26-29,34,39,42,45-52,54-56,61-62,68,70-71,73-79,81-82H,8-18H2,1-4H3,(H,58,80)(H,59,64)(H,60,65)(H,66,67)/t20-,23-,24-,26+,27+,28+,29+,34-,39+,42+,45-,46+,47+,48+,49+,50+,51-,52-,54-,55+,56+,57-/m0/s1. The summed E-state index contributed by atoms with van der Waals surface area (Å²) < 4.78 is 56.3. The van der Waals surface area contributed by atoms with Crippen molar-refractivity contribution in [2.75, 3.05) is 53.3 Å². The summed E-state index contributed by atoms with van der Waals surface area (Å²) in [7, 11) is 1.25. The number of methoxy groups -OCH3 is 1. The Kier molecular flexibility index (Phi) is 23.5. The second-order valence-electron chi connectivity index (χ2n) is 23.5.